The first-order chi connectivity index (χ1) is 9.22. The third-order valence-corrected chi connectivity index (χ3v) is 2.70. The molecule has 1 aromatic rings. The van der Waals surface area contributed by atoms with Crippen LogP contribution in [0.3, 0.4) is 0 Å². The Bertz CT molecular complexity index is 484. The zero-order valence-corrected chi connectivity index (χ0v) is 10.6. The average molecular weight is 264 g/mol. The van der Waals surface area contributed by atoms with Gasteiger partial charge in [0.1, 0.15) is 0 Å². The largest absolute Gasteiger partial charge is 0.493 e. The molecule has 0 heterocycles. The van der Waals surface area contributed by atoms with Crippen LogP contribution in [0.5, 0.6) is 11.5 Å². The quantitative estimate of drug-likeness (QED) is 0.459. The zero-order chi connectivity index (χ0) is 13.7. The van der Waals surface area contributed by atoms with Gasteiger partial charge >= 0.3 is 0 Å². The molecule has 2 N–H and O–H groups in total. The number of methoxy groups -OCH3 is 1. The van der Waals surface area contributed by atoms with Crippen molar-refractivity contribution in [3.63, 3.8) is 0 Å². The van der Waals surface area contributed by atoms with Crippen LogP contribution in [0.15, 0.2) is 23.4 Å². The fourth-order valence-corrected chi connectivity index (χ4v) is 1.59. The van der Waals surface area contributed by atoms with Crippen molar-refractivity contribution < 1.29 is 19.5 Å². The molecule has 6 nitrogen and oxygen atoms in total. The molecular weight excluding hydrogens is 248 g/mol. The monoisotopic (exact) mass is 264 g/mol. The maximum Gasteiger partial charge on any atom is 0.258 e. The van der Waals surface area contributed by atoms with Crippen LogP contribution in [0, 0.1) is 0 Å². The second kappa shape index (κ2) is 6.08. The number of carbonyl (C=O) groups excluding carboxylic acids is 1. The summed E-state index contributed by atoms with van der Waals surface area (Å²) in [6.45, 7) is -0.0414. The van der Waals surface area contributed by atoms with Gasteiger partial charge < -0.3 is 20.0 Å². The van der Waals surface area contributed by atoms with E-state index >= 15 is 0 Å². The molecule has 0 saturated heterocycles. The van der Waals surface area contributed by atoms with Crippen LogP contribution in [0.25, 0.3) is 0 Å². The number of ether oxygens (including phenoxy) is 2. The summed E-state index contributed by atoms with van der Waals surface area (Å²) in [4.78, 5) is 11.5. The van der Waals surface area contributed by atoms with Crippen LogP contribution in [-0.2, 0) is 4.79 Å². The van der Waals surface area contributed by atoms with Crippen molar-refractivity contribution in [3.8, 4) is 11.5 Å². The van der Waals surface area contributed by atoms with E-state index in [1.54, 1.807) is 18.2 Å². The molecule has 19 heavy (non-hydrogen) atoms. The number of carbonyl (C=O) groups is 1. The van der Waals surface area contributed by atoms with Gasteiger partial charge in [0.05, 0.1) is 13.3 Å². The standard InChI is InChI=1S/C13H16N2O4/c1-18-12-6-9(7-14-17)2-5-11(12)19-8-13(16)15-10-3-4-10/h2,5-7,10,17H,3-4,8H2,1H3,(H,15,16)/b14-7-. The van der Waals surface area contributed by atoms with Crippen LogP contribution in [-0.4, -0.2) is 37.1 Å². The van der Waals surface area contributed by atoms with E-state index in [1.165, 1.54) is 13.3 Å². The van der Waals surface area contributed by atoms with Gasteiger partial charge in [-0.15, -0.1) is 0 Å². The maximum absolute atomic E-state index is 11.5. The third kappa shape index (κ3) is 3.87. The van der Waals surface area contributed by atoms with E-state index in [4.69, 9.17) is 14.7 Å². The Morgan fingerprint density at radius 3 is 2.95 bits per heavy atom. The Labute approximate surface area is 111 Å². The summed E-state index contributed by atoms with van der Waals surface area (Å²) in [7, 11) is 1.51. The van der Waals surface area contributed by atoms with Crippen molar-refractivity contribution in [3.05, 3.63) is 23.8 Å². The lowest BCUT2D eigenvalue weighted by Gasteiger charge is -2.11. The first kappa shape index (κ1) is 13.2. The normalized spacial score (nSPS) is 14.4. The van der Waals surface area contributed by atoms with E-state index in [9.17, 15) is 4.79 Å². The van der Waals surface area contributed by atoms with E-state index in [1.807, 2.05) is 0 Å². The summed E-state index contributed by atoms with van der Waals surface area (Å²) in [5.74, 6) is 0.825. The van der Waals surface area contributed by atoms with Gasteiger partial charge in [0.15, 0.2) is 18.1 Å². The number of hydrogen-bond acceptors (Lipinski definition) is 5. The molecule has 1 amide bonds. The molecule has 0 spiro atoms. The summed E-state index contributed by atoms with van der Waals surface area (Å²) in [5.41, 5.74) is 0.675. The van der Waals surface area contributed by atoms with Crippen molar-refractivity contribution in [2.75, 3.05) is 13.7 Å². The fraction of sp³-hybridized carbons (Fsp3) is 0.385. The van der Waals surface area contributed by atoms with Crippen LogP contribution in [0.4, 0.5) is 0 Å². The van der Waals surface area contributed by atoms with Gasteiger partial charge in [-0.05, 0) is 31.0 Å². The third-order valence-electron chi connectivity index (χ3n) is 2.70. The van der Waals surface area contributed by atoms with Crippen molar-refractivity contribution in [1.29, 1.82) is 0 Å². The second-order valence-electron chi connectivity index (χ2n) is 4.29. The molecule has 0 aliphatic heterocycles. The molecule has 0 bridgehead atoms. The topological polar surface area (TPSA) is 80.2 Å². The van der Waals surface area contributed by atoms with Gasteiger partial charge in [-0.1, -0.05) is 5.16 Å². The summed E-state index contributed by atoms with van der Waals surface area (Å²) < 4.78 is 10.6. The lowest BCUT2D eigenvalue weighted by Crippen LogP contribution is -2.30. The van der Waals surface area contributed by atoms with Crippen LogP contribution in [0.1, 0.15) is 18.4 Å². The Morgan fingerprint density at radius 1 is 1.53 bits per heavy atom. The highest BCUT2D eigenvalue weighted by Gasteiger charge is 2.23. The lowest BCUT2D eigenvalue weighted by atomic mass is 10.2. The molecule has 0 radical (unpaired) electrons. The first-order valence-electron chi connectivity index (χ1n) is 6.00. The summed E-state index contributed by atoms with van der Waals surface area (Å²) in [6.07, 6.45) is 3.38. The van der Waals surface area contributed by atoms with E-state index in [-0.39, 0.29) is 12.5 Å². The van der Waals surface area contributed by atoms with Gasteiger partial charge in [-0.3, -0.25) is 4.79 Å². The Hall–Kier alpha value is -2.24. The molecule has 2 rings (SSSR count). The summed E-state index contributed by atoms with van der Waals surface area (Å²) in [6, 6.07) is 5.35. The highest BCUT2D eigenvalue weighted by Crippen LogP contribution is 2.27. The molecule has 0 atom stereocenters. The van der Waals surface area contributed by atoms with E-state index in [0.717, 1.165) is 12.8 Å². The minimum atomic E-state index is -0.134. The van der Waals surface area contributed by atoms with Crippen molar-refractivity contribution in [2.24, 2.45) is 5.16 Å². The number of hydrogen-bond donors (Lipinski definition) is 2. The van der Waals surface area contributed by atoms with Gasteiger partial charge in [0.2, 0.25) is 0 Å². The predicted molar refractivity (Wildman–Crippen MR) is 69.0 cm³/mol. The average Bonchev–Trinajstić information content (AvgIpc) is 3.21. The van der Waals surface area contributed by atoms with Gasteiger partial charge in [0.25, 0.3) is 5.91 Å². The number of amides is 1. The SMILES string of the molecule is COc1cc(/C=N\O)ccc1OCC(=O)NC1CC1. The minimum absolute atomic E-state index is 0.0414. The molecule has 1 aliphatic rings. The number of benzene rings is 1. The molecule has 1 aromatic carbocycles. The Kier molecular flexibility index (Phi) is 4.22. The summed E-state index contributed by atoms with van der Waals surface area (Å²) >= 11 is 0. The second-order valence-corrected chi connectivity index (χ2v) is 4.29. The fourth-order valence-electron chi connectivity index (χ4n) is 1.59. The molecule has 1 fully saturated rings. The lowest BCUT2D eigenvalue weighted by molar-refractivity contribution is -0.123. The number of oxime groups is 1. The van der Waals surface area contributed by atoms with E-state index < -0.39 is 0 Å². The Morgan fingerprint density at radius 2 is 2.32 bits per heavy atom. The number of nitrogens with zero attached hydrogens (tertiary/aromatic N) is 1. The van der Waals surface area contributed by atoms with Gasteiger partial charge in [0, 0.05) is 11.6 Å². The molecule has 6 heteroatoms. The number of nitrogens with one attached hydrogen (secondary N) is 1. The minimum Gasteiger partial charge on any atom is -0.493 e. The molecule has 1 saturated carbocycles. The molecular formula is C13H16N2O4. The van der Waals surface area contributed by atoms with Crippen molar-refractivity contribution >= 4 is 12.1 Å². The molecule has 102 valence electrons. The van der Waals surface area contributed by atoms with Crippen LogP contribution in [0.2, 0.25) is 0 Å². The number of rotatable bonds is 6. The van der Waals surface area contributed by atoms with E-state index in [2.05, 4.69) is 10.5 Å². The Balaban J connectivity index is 1.96. The molecule has 1 aliphatic carbocycles. The highest BCUT2D eigenvalue weighted by atomic mass is 16.5. The van der Waals surface area contributed by atoms with Gasteiger partial charge in [-0.2, -0.15) is 0 Å². The van der Waals surface area contributed by atoms with E-state index in [0.29, 0.717) is 23.1 Å². The van der Waals surface area contributed by atoms with Crippen molar-refractivity contribution in [2.45, 2.75) is 18.9 Å². The predicted octanol–water partition coefficient (Wildman–Crippen LogP) is 1.16. The smallest absolute Gasteiger partial charge is 0.258 e. The summed E-state index contributed by atoms with van der Waals surface area (Å²) in [5, 5.41) is 14.2. The molecule has 0 aromatic heterocycles. The first-order valence-corrected chi connectivity index (χ1v) is 6.00. The van der Waals surface area contributed by atoms with Crippen LogP contribution < -0.4 is 14.8 Å². The maximum atomic E-state index is 11.5. The van der Waals surface area contributed by atoms with Gasteiger partial charge in [-0.25, -0.2) is 0 Å². The van der Waals surface area contributed by atoms with Crippen LogP contribution >= 0.6 is 0 Å². The molecule has 0 unspecified atom stereocenters. The van der Waals surface area contributed by atoms with Crippen molar-refractivity contribution in [1.82, 2.24) is 5.32 Å². The highest BCUT2D eigenvalue weighted by molar-refractivity contribution is 5.81. The zero-order valence-electron chi connectivity index (χ0n) is 10.6.